The van der Waals surface area contributed by atoms with Crippen LogP contribution in [0.4, 0.5) is 0 Å². The lowest BCUT2D eigenvalue weighted by atomic mass is 10.5. The van der Waals surface area contributed by atoms with Crippen LogP contribution in [0.15, 0.2) is 0 Å². The maximum atomic E-state index is 11.5. The van der Waals surface area contributed by atoms with Crippen LogP contribution >= 0.6 is 39.5 Å². The van der Waals surface area contributed by atoms with Gasteiger partial charge in [0.25, 0.3) is 0 Å². The number of aliphatic hydroxyl groups excluding tert-OH is 1. The van der Waals surface area contributed by atoms with Crippen LogP contribution in [-0.2, 0) is 13.6 Å². The zero-order valence-corrected chi connectivity index (χ0v) is 10.8. The Labute approximate surface area is 88.4 Å². The van der Waals surface area contributed by atoms with E-state index in [0.29, 0.717) is 5.33 Å². The Morgan fingerprint density at radius 3 is 2.17 bits per heavy atom. The Kier molecular flexibility index (Phi) is 6.24. The number of alkyl halides is 2. The van der Waals surface area contributed by atoms with Gasteiger partial charge < -0.3 is 14.2 Å². The van der Waals surface area contributed by atoms with Crippen LogP contribution in [0.3, 0.4) is 0 Å². The second-order valence-corrected chi connectivity index (χ2v) is 6.15. The molecule has 0 heterocycles. The quantitative estimate of drug-likeness (QED) is 0.620. The molecule has 0 aromatic heterocycles. The molecule has 0 aromatic carbocycles. The van der Waals surface area contributed by atoms with Crippen molar-refractivity contribution in [2.45, 2.75) is 10.7 Å². The second kappa shape index (κ2) is 5.73. The topological polar surface area (TPSA) is 55.8 Å². The summed E-state index contributed by atoms with van der Waals surface area (Å²) in [6, 6.07) is 0. The van der Waals surface area contributed by atoms with Crippen molar-refractivity contribution < 1.29 is 18.7 Å². The molecule has 4 nitrogen and oxygen atoms in total. The van der Waals surface area contributed by atoms with E-state index in [2.05, 4.69) is 40.9 Å². The fourth-order valence-electron chi connectivity index (χ4n) is 0.568. The van der Waals surface area contributed by atoms with E-state index in [4.69, 9.17) is 0 Å². The van der Waals surface area contributed by atoms with Gasteiger partial charge in [0.1, 0.15) is 0 Å². The smallest absolute Gasteiger partial charge is 0.359 e. The van der Waals surface area contributed by atoms with Crippen LogP contribution in [0.25, 0.3) is 0 Å². The van der Waals surface area contributed by atoms with Crippen molar-refractivity contribution in [1.82, 2.24) is 0 Å². The highest BCUT2D eigenvalue weighted by Gasteiger charge is 2.36. The molecule has 0 aliphatic carbocycles. The molecule has 1 N–H and O–H groups in total. The van der Waals surface area contributed by atoms with Gasteiger partial charge in [-0.25, -0.2) is 0 Å². The molecule has 0 saturated carbocycles. The zero-order chi connectivity index (χ0) is 9.78. The van der Waals surface area contributed by atoms with Gasteiger partial charge in [0.2, 0.25) is 0 Å². The average Bonchev–Trinajstić information content (AvgIpc) is 2.14. The monoisotopic (exact) mass is 324 g/mol. The predicted molar refractivity (Wildman–Crippen MR) is 54.1 cm³/mol. The van der Waals surface area contributed by atoms with Gasteiger partial charge in [-0.1, -0.05) is 31.9 Å². The molecule has 0 spiro atoms. The summed E-state index contributed by atoms with van der Waals surface area (Å²) in [6.07, 6.45) is 0. The van der Waals surface area contributed by atoms with Gasteiger partial charge in [0, 0.05) is 19.5 Å². The maximum Gasteiger partial charge on any atom is 0.359 e. The third kappa shape index (κ3) is 3.09. The van der Waals surface area contributed by atoms with Crippen molar-refractivity contribution in [1.29, 1.82) is 0 Å². The largest absolute Gasteiger partial charge is 0.379 e. The Bertz CT molecular complexity index is 169. The third-order valence-electron chi connectivity index (χ3n) is 1.30. The van der Waals surface area contributed by atoms with Crippen LogP contribution < -0.4 is 0 Å². The SMILES string of the molecule is COP(=O)(OC)C(O)C(Br)CBr. The van der Waals surface area contributed by atoms with Crippen molar-refractivity contribution in [3.8, 4) is 0 Å². The van der Waals surface area contributed by atoms with E-state index < -0.39 is 13.4 Å². The van der Waals surface area contributed by atoms with E-state index in [1.807, 2.05) is 0 Å². The molecule has 0 bridgehead atoms. The van der Waals surface area contributed by atoms with E-state index in [1.54, 1.807) is 0 Å². The number of hydrogen-bond donors (Lipinski definition) is 1. The summed E-state index contributed by atoms with van der Waals surface area (Å²) in [5.74, 6) is -1.16. The first-order chi connectivity index (χ1) is 5.51. The first-order valence-electron chi connectivity index (χ1n) is 3.11. The molecule has 0 aliphatic rings. The number of rotatable bonds is 5. The summed E-state index contributed by atoms with van der Waals surface area (Å²) >= 11 is 6.26. The molecule has 0 fully saturated rings. The van der Waals surface area contributed by atoms with Gasteiger partial charge in [0.05, 0.1) is 4.83 Å². The standard InChI is InChI=1S/C5H11Br2O4P/c1-10-12(9,11-2)5(8)4(7)3-6/h4-5,8H,3H2,1-2H3. The Hall–Kier alpha value is 1.07. The lowest BCUT2D eigenvalue weighted by Gasteiger charge is -2.22. The summed E-state index contributed by atoms with van der Waals surface area (Å²) in [7, 11) is -0.891. The van der Waals surface area contributed by atoms with Crippen LogP contribution in [-0.4, -0.2) is 35.3 Å². The molecule has 12 heavy (non-hydrogen) atoms. The minimum Gasteiger partial charge on any atom is -0.379 e. The van der Waals surface area contributed by atoms with Gasteiger partial charge in [-0.15, -0.1) is 0 Å². The molecule has 0 saturated heterocycles. The lowest BCUT2D eigenvalue weighted by Crippen LogP contribution is -2.23. The minimum absolute atomic E-state index is 0.358. The average molecular weight is 326 g/mol. The molecule has 0 radical (unpaired) electrons. The molecular weight excluding hydrogens is 315 g/mol. The van der Waals surface area contributed by atoms with E-state index >= 15 is 0 Å². The molecule has 0 aromatic rings. The van der Waals surface area contributed by atoms with Gasteiger partial charge in [-0.05, 0) is 0 Å². The van der Waals surface area contributed by atoms with Gasteiger partial charge in [0.15, 0.2) is 5.85 Å². The fraction of sp³-hybridized carbons (Fsp3) is 1.00. The summed E-state index contributed by atoms with van der Waals surface area (Å²) < 4.78 is 20.7. The maximum absolute atomic E-state index is 11.5. The number of aliphatic hydroxyl groups is 1. The highest BCUT2D eigenvalue weighted by molar-refractivity contribution is 9.12. The number of hydrogen-bond acceptors (Lipinski definition) is 4. The predicted octanol–water partition coefficient (Wildman–Crippen LogP) is 1.95. The highest BCUT2D eigenvalue weighted by atomic mass is 79.9. The molecular formula is C5H11Br2O4P. The van der Waals surface area contributed by atoms with Crippen molar-refractivity contribution in [2.24, 2.45) is 0 Å². The summed E-state index contributed by atoms with van der Waals surface area (Å²) in [4.78, 5) is -0.358. The van der Waals surface area contributed by atoms with Gasteiger partial charge in [-0.2, -0.15) is 0 Å². The molecule has 2 atom stereocenters. The Morgan fingerprint density at radius 2 is 1.92 bits per heavy atom. The number of halogens is 2. The summed E-state index contributed by atoms with van der Waals surface area (Å²) in [5.41, 5.74) is 0. The molecule has 0 amide bonds. The van der Waals surface area contributed by atoms with E-state index in [1.165, 1.54) is 14.2 Å². The fourth-order valence-corrected chi connectivity index (χ4v) is 3.16. The van der Waals surface area contributed by atoms with Crippen LogP contribution in [0.5, 0.6) is 0 Å². The molecule has 0 aliphatic heterocycles. The molecule has 2 unspecified atom stereocenters. The van der Waals surface area contributed by atoms with E-state index in [0.717, 1.165) is 0 Å². The summed E-state index contributed by atoms with van der Waals surface area (Å²) in [6.45, 7) is 0. The van der Waals surface area contributed by atoms with Crippen molar-refractivity contribution in [3.05, 3.63) is 0 Å². The second-order valence-electron chi connectivity index (χ2n) is 1.99. The van der Waals surface area contributed by atoms with Crippen molar-refractivity contribution >= 4 is 39.5 Å². The third-order valence-corrected chi connectivity index (χ3v) is 6.13. The normalized spacial score (nSPS) is 17.4. The van der Waals surface area contributed by atoms with E-state index in [-0.39, 0.29) is 4.83 Å². The van der Waals surface area contributed by atoms with Gasteiger partial charge >= 0.3 is 7.60 Å². The van der Waals surface area contributed by atoms with Crippen molar-refractivity contribution in [3.63, 3.8) is 0 Å². The first kappa shape index (κ1) is 13.1. The van der Waals surface area contributed by atoms with Crippen LogP contribution in [0, 0.1) is 0 Å². The molecule has 74 valence electrons. The van der Waals surface area contributed by atoms with E-state index in [9.17, 15) is 9.67 Å². The first-order valence-corrected chi connectivity index (χ1v) is 6.76. The minimum atomic E-state index is -3.37. The van der Waals surface area contributed by atoms with Crippen LogP contribution in [0.2, 0.25) is 0 Å². The molecule has 0 rings (SSSR count). The Morgan fingerprint density at radius 1 is 1.50 bits per heavy atom. The lowest BCUT2D eigenvalue weighted by molar-refractivity contribution is 0.177. The summed E-state index contributed by atoms with van der Waals surface area (Å²) in [5, 5.41) is 9.91. The highest BCUT2D eigenvalue weighted by Crippen LogP contribution is 2.52. The van der Waals surface area contributed by atoms with Gasteiger partial charge in [-0.3, -0.25) is 4.57 Å². The van der Waals surface area contributed by atoms with Crippen molar-refractivity contribution in [2.75, 3.05) is 19.5 Å². The zero-order valence-electron chi connectivity index (χ0n) is 6.74. The Balaban J connectivity index is 4.41. The van der Waals surface area contributed by atoms with Crippen LogP contribution in [0.1, 0.15) is 0 Å². The molecule has 7 heteroatoms.